The van der Waals surface area contributed by atoms with Gasteiger partial charge in [-0.3, -0.25) is 4.18 Å². The molecule has 0 aliphatic carbocycles. The van der Waals surface area contributed by atoms with Crippen LogP contribution in [0.25, 0.3) is 0 Å². The van der Waals surface area contributed by atoms with Crippen molar-refractivity contribution < 1.29 is 25.8 Å². The molecule has 92 valence electrons. The van der Waals surface area contributed by atoms with Gasteiger partial charge in [-0.05, 0) is 5.56 Å². The van der Waals surface area contributed by atoms with Crippen molar-refractivity contribution in [3.8, 4) is 0 Å². The van der Waals surface area contributed by atoms with Gasteiger partial charge >= 0.3 is 15.6 Å². The van der Waals surface area contributed by atoms with Crippen LogP contribution in [-0.2, 0) is 20.9 Å². The van der Waals surface area contributed by atoms with Gasteiger partial charge in [0.2, 0.25) is 0 Å². The maximum atomic E-state index is 11.8. The van der Waals surface area contributed by atoms with E-state index >= 15 is 0 Å². The molecule has 0 heterocycles. The molecule has 3 N–H and O–H groups in total. The monoisotopic (exact) mass is 257 g/mol. The minimum atomic E-state index is -5.50. The predicted octanol–water partition coefficient (Wildman–Crippen LogP) is 2.21. The van der Waals surface area contributed by atoms with Crippen molar-refractivity contribution in [1.82, 2.24) is 6.15 Å². The van der Waals surface area contributed by atoms with Crippen molar-refractivity contribution in [1.29, 1.82) is 0 Å². The predicted molar refractivity (Wildman–Crippen MR) is 51.2 cm³/mol. The summed E-state index contributed by atoms with van der Waals surface area (Å²) in [7, 11) is -5.50. The van der Waals surface area contributed by atoms with E-state index in [1.54, 1.807) is 18.2 Å². The van der Waals surface area contributed by atoms with Gasteiger partial charge in [0.05, 0.1) is 6.61 Å². The van der Waals surface area contributed by atoms with Crippen LogP contribution in [0.15, 0.2) is 30.3 Å². The highest BCUT2D eigenvalue weighted by Gasteiger charge is 2.47. The molecule has 0 saturated heterocycles. The molecule has 0 atom stereocenters. The highest BCUT2D eigenvalue weighted by atomic mass is 32.2. The van der Waals surface area contributed by atoms with Crippen molar-refractivity contribution >= 4 is 10.1 Å². The normalized spacial score (nSPS) is 11.9. The van der Waals surface area contributed by atoms with Gasteiger partial charge in [0.25, 0.3) is 0 Å². The average molecular weight is 257 g/mol. The van der Waals surface area contributed by atoms with Crippen molar-refractivity contribution in [2.75, 3.05) is 0 Å². The lowest BCUT2D eigenvalue weighted by Gasteiger charge is -2.07. The summed E-state index contributed by atoms with van der Waals surface area (Å²) in [5.74, 6) is 0. The average Bonchev–Trinajstić information content (AvgIpc) is 2.15. The summed E-state index contributed by atoms with van der Waals surface area (Å²) in [5.41, 5.74) is -5.02. The third-order valence-electron chi connectivity index (χ3n) is 1.51. The van der Waals surface area contributed by atoms with Crippen LogP contribution in [0.4, 0.5) is 13.2 Å². The van der Waals surface area contributed by atoms with Gasteiger partial charge in [-0.1, -0.05) is 30.3 Å². The van der Waals surface area contributed by atoms with Crippen LogP contribution in [0.2, 0.25) is 0 Å². The molecule has 0 amide bonds. The molecule has 0 aliphatic heterocycles. The third kappa shape index (κ3) is 3.80. The van der Waals surface area contributed by atoms with E-state index in [1.807, 2.05) is 0 Å². The molecule has 0 saturated carbocycles. The Balaban J connectivity index is 0.00000225. The molecule has 8 heteroatoms. The Morgan fingerprint density at radius 3 is 2.06 bits per heavy atom. The first-order valence-corrected chi connectivity index (χ1v) is 5.23. The molecular formula is C8H10F3NO3S. The number of hydrogen-bond donors (Lipinski definition) is 1. The highest BCUT2D eigenvalue weighted by molar-refractivity contribution is 7.87. The standard InChI is InChI=1S/C8H7F3O3S.H3N/c9-8(10,11)15(12,13)14-6-7-4-2-1-3-5-7;/h1-5H,6H2;1H3. The summed E-state index contributed by atoms with van der Waals surface area (Å²) in [6.07, 6.45) is 0. The van der Waals surface area contributed by atoms with Crippen LogP contribution < -0.4 is 6.15 Å². The maximum absolute atomic E-state index is 11.8. The van der Waals surface area contributed by atoms with Gasteiger partial charge in [0.15, 0.2) is 0 Å². The Hall–Kier alpha value is -1.12. The molecule has 0 radical (unpaired) electrons. The Morgan fingerprint density at radius 1 is 1.12 bits per heavy atom. The molecule has 0 fully saturated rings. The lowest BCUT2D eigenvalue weighted by atomic mass is 10.2. The number of benzene rings is 1. The van der Waals surface area contributed by atoms with Crippen LogP contribution in [0, 0.1) is 0 Å². The molecular weight excluding hydrogens is 247 g/mol. The van der Waals surface area contributed by atoms with Crippen molar-refractivity contribution in [3.63, 3.8) is 0 Å². The van der Waals surface area contributed by atoms with E-state index in [1.165, 1.54) is 12.1 Å². The Bertz CT molecular complexity index is 416. The molecule has 0 spiro atoms. The third-order valence-corrected chi connectivity index (χ3v) is 2.50. The van der Waals surface area contributed by atoms with Crippen molar-refractivity contribution in [2.45, 2.75) is 12.1 Å². The van der Waals surface area contributed by atoms with Gasteiger partial charge in [-0.2, -0.15) is 21.6 Å². The lowest BCUT2D eigenvalue weighted by Crippen LogP contribution is -2.25. The molecule has 0 aliphatic rings. The summed E-state index contributed by atoms with van der Waals surface area (Å²) in [6.45, 7) is -0.622. The van der Waals surface area contributed by atoms with E-state index in [0.29, 0.717) is 5.56 Å². The minimum Gasteiger partial charge on any atom is -0.344 e. The summed E-state index contributed by atoms with van der Waals surface area (Å²) >= 11 is 0. The number of rotatable bonds is 3. The molecule has 0 aromatic heterocycles. The summed E-state index contributed by atoms with van der Waals surface area (Å²) in [4.78, 5) is 0. The van der Waals surface area contributed by atoms with Crippen LogP contribution in [-0.4, -0.2) is 13.9 Å². The number of halogens is 3. The summed E-state index contributed by atoms with van der Waals surface area (Å²) < 4.78 is 60.3. The van der Waals surface area contributed by atoms with E-state index in [4.69, 9.17) is 0 Å². The van der Waals surface area contributed by atoms with E-state index in [2.05, 4.69) is 4.18 Å². The van der Waals surface area contributed by atoms with Crippen LogP contribution in [0.5, 0.6) is 0 Å². The second-order valence-electron chi connectivity index (χ2n) is 2.65. The molecule has 4 nitrogen and oxygen atoms in total. The van der Waals surface area contributed by atoms with Crippen molar-refractivity contribution in [3.05, 3.63) is 35.9 Å². The highest BCUT2D eigenvalue weighted by Crippen LogP contribution is 2.25. The van der Waals surface area contributed by atoms with Gasteiger partial charge in [-0.25, -0.2) is 0 Å². The fourth-order valence-electron chi connectivity index (χ4n) is 0.787. The number of hydrogen-bond acceptors (Lipinski definition) is 4. The molecule has 1 aromatic rings. The van der Waals surface area contributed by atoms with Gasteiger partial charge in [0.1, 0.15) is 0 Å². The minimum absolute atomic E-state index is 0. The van der Waals surface area contributed by atoms with Gasteiger partial charge in [0, 0.05) is 0 Å². The molecule has 1 rings (SSSR count). The van der Waals surface area contributed by atoms with E-state index in [9.17, 15) is 21.6 Å². The van der Waals surface area contributed by atoms with E-state index < -0.39 is 22.2 Å². The van der Waals surface area contributed by atoms with Crippen LogP contribution in [0.1, 0.15) is 5.56 Å². The summed E-state index contributed by atoms with van der Waals surface area (Å²) in [5, 5.41) is 0. The Kier molecular flexibility index (Phi) is 4.91. The van der Waals surface area contributed by atoms with Crippen LogP contribution >= 0.6 is 0 Å². The van der Waals surface area contributed by atoms with E-state index in [0.717, 1.165) is 0 Å². The molecule has 0 bridgehead atoms. The van der Waals surface area contributed by atoms with Gasteiger partial charge in [-0.15, -0.1) is 0 Å². The Labute approximate surface area is 90.7 Å². The first-order valence-electron chi connectivity index (χ1n) is 3.82. The fourth-order valence-corrected chi connectivity index (χ4v) is 1.21. The SMILES string of the molecule is N.O=S(=O)(OCc1ccccc1)C(F)(F)F. The second kappa shape index (κ2) is 5.28. The molecule has 0 unspecified atom stereocenters. The van der Waals surface area contributed by atoms with E-state index in [-0.39, 0.29) is 6.15 Å². The molecule has 1 aromatic carbocycles. The molecule has 16 heavy (non-hydrogen) atoms. The summed E-state index contributed by atoms with van der Waals surface area (Å²) in [6, 6.07) is 7.72. The Morgan fingerprint density at radius 2 is 1.62 bits per heavy atom. The smallest absolute Gasteiger partial charge is 0.344 e. The first kappa shape index (κ1) is 14.9. The van der Waals surface area contributed by atoms with Crippen LogP contribution in [0.3, 0.4) is 0 Å². The lowest BCUT2D eigenvalue weighted by molar-refractivity contribution is -0.0547. The first-order chi connectivity index (χ1) is 6.83. The largest absolute Gasteiger partial charge is 0.523 e. The fraction of sp³-hybridized carbons (Fsp3) is 0.250. The zero-order valence-corrected chi connectivity index (χ0v) is 8.88. The number of alkyl halides is 3. The van der Waals surface area contributed by atoms with Crippen molar-refractivity contribution in [2.24, 2.45) is 0 Å². The topological polar surface area (TPSA) is 78.4 Å². The zero-order chi connectivity index (χ0) is 11.5. The quantitative estimate of drug-likeness (QED) is 0.665. The second-order valence-corrected chi connectivity index (χ2v) is 4.25. The maximum Gasteiger partial charge on any atom is 0.523 e. The van der Waals surface area contributed by atoms with Gasteiger partial charge < -0.3 is 6.15 Å². The zero-order valence-electron chi connectivity index (χ0n) is 8.07.